The number of ether oxygens (including phenoxy) is 2. The standard InChI is InChI=1S/C10H12N2O2/c1-13-9-3-2-7(6-8(9)11)10-12-4-5-14-10/h2-3,6H,4-5,11H2,1H3. The van der Waals surface area contributed by atoms with E-state index in [0.717, 1.165) is 12.1 Å². The Bertz CT molecular complexity index is 374. The monoisotopic (exact) mass is 192 g/mol. The number of hydrogen-bond acceptors (Lipinski definition) is 4. The van der Waals surface area contributed by atoms with Gasteiger partial charge in [0.25, 0.3) is 0 Å². The Morgan fingerprint density at radius 2 is 2.36 bits per heavy atom. The highest BCUT2D eigenvalue weighted by atomic mass is 16.5. The molecule has 1 heterocycles. The molecule has 2 rings (SSSR count). The topological polar surface area (TPSA) is 56.8 Å². The zero-order chi connectivity index (χ0) is 9.97. The van der Waals surface area contributed by atoms with Crippen LogP contribution in [0.1, 0.15) is 5.56 Å². The molecule has 4 heteroatoms. The molecule has 74 valence electrons. The van der Waals surface area contributed by atoms with Crippen LogP contribution in [0.5, 0.6) is 5.75 Å². The summed E-state index contributed by atoms with van der Waals surface area (Å²) in [6.07, 6.45) is 0. The highest BCUT2D eigenvalue weighted by Gasteiger charge is 2.11. The fourth-order valence-electron chi connectivity index (χ4n) is 1.38. The average molecular weight is 192 g/mol. The van der Waals surface area contributed by atoms with Crippen molar-refractivity contribution in [2.75, 3.05) is 26.0 Å². The average Bonchev–Trinajstić information content (AvgIpc) is 2.70. The molecule has 4 nitrogen and oxygen atoms in total. The molecule has 2 N–H and O–H groups in total. The van der Waals surface area contributed by atoms with Crippen LogP contribution in [0.4, 0.5) is 5.69 Å². The molecular formula is C10H12N2O2. The van der Waals surface area contributed by atoms with Crippen LogP contribution in [0.3, 0.4) is 0 Å². The minimum atomic E-state index is 0.600. The maximum Gasteiger partial charge on any atom is 0.216 e. The number of nitrogens with zero attached hydrogens (tertiary/aromatic N) is 1. The Morgan fingerprint density at radius 3 is 2.93 bits per heavy atom. The molecule has 0 bridgehead atoms. The Hall–Kier alpha value is -1.71. The lowest BCUT2D eigenvalue weighted by atomic mass is 10.2. The summed E-state index contributed by atoms with van der Waals surface area (Å²) in [5.74, 6) is 1.34. The van der Waals surface area contributed by atoms with Crippen LogP contribution in [0, 0.1) is 0 Å². The fraction of sp³-hybridized carbons (Fsp3) is 0.300. The summed E-state index contributed by atoms with van der Waals surface area (Å²) in [4.78, 5) is 4.20. The van der Waals surface area contributed by atoms with Gasteiger partial charge in [-0.2, -0.15) is 0 Å². The third kappa shape index (κ3) is 1.51. The third-order valence-corrected chi connectivity index (χ3v) is 2.06. The van der Waals surface area contributed by atoms with Gasteiger partial charge < -0.3 is 15.2 Å². The molecule has 0 atom stereocenters. The van der Waals surface area contributed by atoms with Crippen LogP contribution in [0.2, 0.25) is 0 Å². The summed E-state index contributed by atoms with van der Waals surface area (Å²) in [6.45, 7) is 1.38. The third-order valence-electron chi connectivity index (χ3n) is 2.06. The number of nitrogens with two attached hydrogens (primary N) is 1. The zero-order valence-corrected chi connectivity index (χ0v) is 7.99. The number of nitrogen functional groups attached to an aromatic ring is 1. The first-order valence-electron chi connectivity index (χ1n) is 4.42. The second-order valence-corrected chi connectivity index (χ2v) is 2.99. The van der Waals surface area contributed by atoms with E-state index in [1.165, 1.54) is 0 Å². The van der Waals surface area contributed by atoms with Crippen molar-refractivity contribution in [2.45, 2.75) is 0 Å². The quantitative estimate of drug-likeness (QED) is 0.712. The molecule has 0 fully saturated rings. The van der Waals surface area contributed by atoms with Crippen molar-refractivity contribution in [1.29, 1.82) is 0 Å². The van der Waals surface area contributed by atoms with Crippen molar-refractivity contribution < 1.29 is 9.47 Å². The summed E-state index contributed by atoms with van der Waals surface area (Å²) in [6, 6.07) is 5.51. The van der Waals surface area contributed by atoms with Gasteiger partial charge in [0.2, 0.25) is 5.90 Å². The number of anilines is 1. The molecule has 1 aliphatic rings. The van der Waals surface area contributed by atoms with Crippen LogP contribution in [-0.4, -0.2) is 26.2 Å². The minimum Gasteiger partial charge on any atom is -0.495 e. The van der Waals surface area contributed by atoms with Crippen molar-refractivity contribution in [3.8, 4) is 5.75 Å². The van der Waals surface area contributed by atoms with E-state index in [-0.39, 0.29) is 0 Å². The Labute approximate surface area is 82.3 Å². The minimum absolute atomic E-state index is 0.600. The molecule has 1 aromatic carbocycles. The van der Waals surface area contributed by atoms with Gasteiger partial charge in [-0.15, -0.1) is 0 Å². The maximum atomic E-state index is 5.76. The van der Waals surface area contributed by atoms with E-state index in [2.05, 4.69) is 4.99 Å². The molecule has 0 spiro atoms. The van der Waals surface area contributed by atoms with E-state index in [1.807, 2.05) is 18.2 Å². The molecular weight excluding hydrogens is 180 g/mol. The van der Waals surface area contributed by atoms with E-state index < -0.39 is 0 Å². The van der Waals surface area contributed by atoms with E-state index in [0.29, 0.717) is 23.9 Å². The largest absolute Gasteiger partial charge is 0.495 e. The second-order valence-electron chi connectivity index (χ2n) is 2.99. The fourth-order valence-corrected chi connectivity index (χ4v) is 1.38. The summed E-state index contributed by atoms with van der Waals surface area (Å²) < 4.78 is 10.4. The van der Waals surface area contributed by atoms with Gasteiger partial charge >= 0.3 is 0 Å². The first-order valence-corrected chi connectivity index (χ1v) is 4.42. The summed E-state index contributed by atoms with van der Waals surface area (Å²) in [7, 11) is 1.59. The predicted octanol–water partition coefficient (Wildman–Crippen LogP) is 1.05. The van der Waals surface area contributed by atoms with Crippen LogP contribution in [-0.2, 0) is 4.74 Å². The molecule has 1 aromatic rings. The van der Waals surface area contributed by atoms with E-state index in [4.69, 9.17) is 15.2 Å². The first-order chi connectivity index (χ1) is 6.81. The number of methoxy groups -OCH3 is 1. The lowest BCUT2D eigenvalue weighted by Gasteiger charge is -2.06. The van der Waals surface area contributed by atoms with Gasteiger partial charge in [-0.1, -0.05) is 0 Å². The highest BCUT2D eigenvalue weighted by molar-refractivity contribution is 5.96. The number of aliphatic imine (C=N–C) groups is 1. The lowest BCUT2D eigenvalue weighted by Crippen LogP contribution is -2.02. The maximum absolute atomic E-state index is 5.76. The SMILES string of the molecule is COc1ccc(C2=NCCO2)cc1N. The highest BCUT2D eigenvalue weighted by Crippen LogP contribution is 2.22. The van der Waals surface area contributed by atoms with E-state index in [1.54, 1.807) is 7.11 Å². The smallest absolute Gasteiger partial charge is 0.216 e. The Balaban J connectivity index is 2.32. The number of benzene rings is 1. The van der Waals surface area contributed by atoms with Crippen molar-refractivity contribution in [3.05, 3.63) is 23.8 Å². The Morgan fingerprint density at radius 1 is 1.50 bits per heavy atom. The van der Waals surface area contributed by atoms with Gasteiger partial charge in [0.15, 0.2) is 0 Å². The van der Waals surface area contributed by atoms with Crippen molar-refractivity contribution in [3.63, 3.8) is 0 Å². The van der Waals surface area contributed by atoms with Gasteiger partial charge in [0.1, 0.15) is 12.4 Å². The Kier molecular flexibility index (Phi) is 2.26. The molecule has 0 unspecified atom stereocenters. The number of rotatable bonds is 2. The van der Waals surface area contributed by atoms with E-state index in [9.17, 15) is 0 Å². The van der Waals surface area contributed by atoms with Crippen LogP contribution >= 0.6 is 0 Å². The van der Waals surface area contributed by atoms with Gasteiger partial charge in [-0.25, -0.2) is 4.99 Å². The normalized spacial score (nSPS) is 14.8. The molecule has 14 heavy (non-hydrogen) atoms. The van der Waals surface area contributed by atoms with Crippen molar-refractivity contribution >= 4 is 11.6 Å². The summed E-state index contributed by atoms with van der Waals surface area (Å²) in [5.41, 5.74) is 7.27. The molecule has 1 aliphatic heterocycles. The van der Waals surface area contributed by atoms with Gasteiger partial charge in [0.05, 0.1) is 19.3 Å². The van der Waals surface area contributed by atoms with Crippen LogP contribution in [0.25, 0.3) is 0 Å². The predicted molar refractivity (Wildman–Crippen MR) is 54.8 cm³/mol. The van der Waals surface area contributed by atoms with Crippen LogP contribution < -0.4 is 10.5 Å². The van der Waals surface area contributed by atoms with Gasteiger partial charge in [-0.05, 0) is 18.2 Å². The molecule has 0 aromatic heterocycles. The number of hydrogen-bond donors (Lipinski definition) is 1. The van der Waals surface area contributed by atoms with Gasteiger partial charge in [0, 0.05) is 5.56 Å². The zero-order valence-electron chi connectivity index (χ0n) is 7.99. The van der Waals surface area contributed by atoms with E-state index >= 15 is 0 Å². The molecule has 0 amide bonds. The summed E-state index contributed by atoms with van der Waals surface area (Å²) in [5, 5.41) is 0. The molecule has 0 aliphatic carbocycles. The van der Waals surface area contributed by atoms with Crippen LogP contribution in [0.15, 0.2) is 23.2 Å². The first kappa shape index (κ1) is 8.87. The second kappa shape index (κ2) is 3.57. The van der Waals surface area contributed by atoms with Gasteiger partial charge in [-0.3, -0.25) is 0 Å². The van der Waals surface area contributed by atoms with Crippen molar-refractivity contribution in [1.82, 2.24) is 0 Å². The lowest BCUT2D eigenvalue weighted by molar-refractivity contribution is 0.348. The van der Waals surface area contributed by atoms with Crippen molar-refractivity contribution in [2.24, 2.45) is 4.99 Å². The molecule has 0 saturated carbocycles. The summed E-state index contributed by atoms with van der Waals surface area (Å²) >= 11 is 0. The molecule has 0 saturated heterocycles. The molecule has 0 radical (unpaired) electrons.